The van der Waals surface area contributed by atoms with Gasteiger partial charge in [0.25, 0.3) is 5.91 Å². The van der Waals surface area contributed by atoms with Gasteiger partial charge in [-0.3, -0.25) is 9.59 Å². The normalized spacial score (nSPS) is 18.7. The number of nitrogens with zero attached hydrogens (tertiary/aromatic N) is 2. The zero-order chi connectivity index (χ0) is 25.5. The summed E-state index contributed by atoms with van der Waals surface area (Å²) in [7, 11) is 0. The van der Waals surface area contributed by atoms with Crippen molar-refractivity contribution in [3.05, 3.63) is 59.7 Å². The Bertz CT molecular complexity index is 1040. The summed E-state index contributed by atoms with van der Waals surface area (Å²) in [6, 6.07) is 15.8. The summed E-state index contributed by atoms with van der Waals surface area (Å²) in [4.78, 5) is 31.3. The molecule has 0 atom stereocenters. The number of fused-ring (bicyclic) bond motifs is 1. The van der Waals surface area contributed by atoms with Crippen molar-refractivity contribution in [3.63, 3.8) is 0 Å². The number of amides is 2. The Labute approximate surface area is 215 Å². The van der Waals surface area contributed by atoms with Crippen molar-refractivity contribution in [2.75, 3.05) is 32.8 Å². The first-order chi connectivity index (χ1) is 17.4. The summed E-state index contributed by atoms with van der Waals surface area (Å²) < 4.78 is 11.8. The second kappa shape index (κ2) is 11.8. The van der Waals surface area contributed by atoms with Gasteiger partial charge in [-0.2, -0.15) is 0 Å². The van der Waals surface area contributed by atoms with Crippen molar-refractivity contribution in [1.82, 2.24) is 9.80 Å². The van der Waals surface area contributed by atoms with E-state index in [4.69, 9.17) is 9.47 Å². The lowest BCUT2D eigenvalue weighted by molar-refractivity contribution is -0.148. The summed E-state index contributed by atoms with van der Waals surface area (Å²) in [5.41, 5.74) is 1.40. The van der Waals surface area contributed by atoms with Crippen molar-refractivity contribution in [3.8, 4) is 11.5 Å². The van der Waals surface area contributed by atoms with Gasteiger partial charge in [0.1, 0.15) is 18.1 Å². The van der Waals surface area contributed by atoms with E-state index in [2.05, 4.69) is 26.0 Å². The Balaban J connectivity index is 1.51. The minimum atomic E-state index is -0.431. The minimum absolute atomic E-state index is 0.0137. The summed E-state index contributed by atoms with van der Waals surface area (Å²) >= 11 is 0. The molecule has 2 amide bonds. The molecule has 0 saturated carbocycles. The molecule has 0 aromatic heterocycles. The first-order valence-electron chi connectivity index (χ1n) is 13.5. The van der Waals surface area contributed by atoms with E-state index in [1.165, 1.54) is 5.56 Å². The molecule has 36 heavy (non-hydrogen) atoms. The number of para-hydroxylation sites is 2. The highest BCUT2D eigenvalue weighted by atomic mass is 16.5. The van der Waals surface area contributed by atoms with E-state index in [0.717, 1.165) is 31.4 Å². The van der Waals surface area contributed by atoms with Crippen LogP contribution in [0.5, 0.6) is 11.5 Å². The third-order valence-corrected chi connectivity index (χ3v) is 7.68. The zero-order valence-electron chi connectivity index (χ0n) is 22.0. The number of hydrogen-bond donors (Lipinski definition) is 0. The summed E-state index contributed by atoms with van der Waals surface area (Å²) in [5, 5.41) is 0. The second-order valence-corrected chi connectivity index (χ2v) is 10.3. The third-order valence-electron chi connectivity index (χ3n) is 7.68. The average Bonchev–Trinajstić information content (AvgIpc) is 2.89. The van der Waals surface area contributed by atoms with E-state index in [9.17, 15) is 9.59 Å². The van der Waals surface area contributed by atoms with E-state index in [0.29, 0.717) is 57.0 Å². The number of hydrogen-bond acceptors (Lipinski definition) is 4. The van der Waals surface area contributed by atoms with Crippen LogP contribution in [0.15, 0.2) is 48.5 Å². The van der Waals surface area contributed by atoms with Gasteiger partial charge in [-0.25, -0.2) is 0 Å². The van der Waals surface area contributed by atoms with Crippen LogP contribution < -0.4 is 9.47 Å². The molecule has 2 aromatic rings. The Hall–Kier alpha value is -3.02. The quantitative estimate of drug-likeness (QED) is 0.577. The molecule has 6 nitrogen and oxygen atoms in total. The van der Waals surface area contributed by atoms with Gasteiger partial charge in [-0.1, -0.05) is 36.8 Å². The van der Waals surface area contributed by atoms with Crippen LogP contribution in [0.25, 0.3) is 0 Å². The maximum atomic E-state index is 14.1. The standard InChI is InChI=1S/C30H40N2O4/c1-4-35-27-15-8-6-13-25(27)28(33)31-19-17-30(18-20-31)16-10-9-12-24-11-5-7-14-26(24)36-22-21-32(23(2)3)29(30)34/h5-8,11,13-15,23H,4,9-10,12,16-22H2,1-3H3. The fourth-order valence-electron chi connectivity index (χ4n) is 5.59. The molecule has 2 heterocycles. The molecule has 6 heteroatoms. The van der Waals surface area contributed by atoms with Gasteiger partial charge in [0, 0.05) is 19.1 Å². The lowest BCUT2D eigenvalue weighted by atomic mass is 9.72. The Morgan fingerprint density at radius 1 is 1.00 bits per heavy atom. The fourth-order valence-corrected chi connectivity index (χ4v) is 5.59. The van der Waals surface area contributed by atoms with Crippen molar-refractivity contribution in [2.24, 2.45) is 5.41 Å². The van der Waals surface area contributed by atoms with Crippen LogP contribution in [-0.2, 0) is 11.2 Å². The molecule has 2 aromatic carbocycles. The lowest BCUT2D eigenvalue weighted by Gasteiger charge is -2.44. The van der Waals surface area contributed by atoms with Gasteiger partial charge in [-0.05, 0) is 76.6 Å². The molecule has 0 aliphatic carbocycles. The highest BCUT2D eigenvalue weighted by Gasteiger charge is 2.44. The molecule has 1 spiro atoms. The van der Waals surface area contributed by atoms with Gasteiger partial charge >= 0.3 is 0 Å². The number of carbonyl (C=O) groups excluding carboxylic acids is 2. The molecule has 2 aliphatic rings. The largest absolute Gasteiger partial charge is 0.493 e. The number of ether oxygens (including phenoxy) is 2. The summed E-state index contributed by atoms with van der Waals surface area (Å²) in [6.45, 7) is 8.80. The third kappa shape index (κ3) is 5.69. The van der Waals surface area contributed by atoms with Crippen LogP contribution >= 0.6 is 0 Å². The van der Waals surface area contributed by atoms with Gasteiger partial charge in [-0.15, -0.1) is 0 Å². The smallest absolute Gasteiger partial charge is 0.257 e. The first-order valence-corrected chi connectivity index (χ1v) is 13.5. The molecule has 1 saturated heterocycles. The minimum Gasteiger partial charge on any atom is -0.493 e. The molecular weight excluding hydrogens is 452 g/mol. The average molecular weight is 493 g/mol. The second-order valence-electron chi connectivity index (χ2n) is 10.3. The van der Waals surface area contributed by atoms with Crippen molar-refractivity contribution in [1.29, 1.82) is 0 Å². The molecular formula is C30H40N2O4. The van der Waals surface area contributed by atoms with Crippen LogP contribution in [0.1, 0.15) is 68.8 Å². The predicted molar refractivity (Wildman–Crippen MR) is 142 cm³/mol. The monoisotopic (exact) mass is 492 g/mol. The number of aryl methyl sites for hydroxylation is 1. The molecule has 194 valence electrons. The van der Waals surface area contributed by atoms with Crippen LogP contribution in [0.3, 0.4) is 0 Å². The number of piperidine rings is 1. The maximum Gasteiger partial charge on any atom is 0.257 e. The molecule has 4 rings (SSSR count). The fraction of sp³-hybridized carbons (Fsp3) is 0.533. The molecule has 2 aliphatic heterocycles. The van der Waals surface area contributed by atoms with Crippen molar-refractivity contribution in [2.45, 2.75) is 65.3 Å². The highest BCUT2D eigenvalue weighted by molar-refractivity contribution is 5.97. The van der Waals surface area contributed by atoms with E-state index >= 15 is 0 Å². The van der Waals surface area contributed by atoms with Crippen LogP contribution in [0.4, 0.5) is 0 Å². The van der Waals surface area contributed by atoms with E-state index < -0.39 is 5.41 Å². The van der Waals surface area contributed by atoms with Gasteiger partial charge in [0.15, 0.2) is 0 Å². The molecule has 0 radical (unpaired) electrons. The number of carbonyl (C=O) groups is 2. The molecule has 0 N–H and O–H groups in total. The molecule has 0 unspecified atom stereocenters. The van der Waals surface area contributed by atoms with E-state index in [-0.39, 0.29) is 17.9 Å². The highest BCUT2D eigenvalue weighted by Crippen LogP contribution is 2.40. The maximum absolute atomic E-state index is 14.1. The SMILES string of the molecule is CCOc1ccccc1C(=O)N1CCC2(CCCCc3ccccc3OCCN(C(C)C)C2=O)CC1. The number of likely N-dealkylation sites (tertiary alicyclic amines) is 1. The van der Waals surface area contributed by atoms with Crippen LogP contribution in [-0.4, -0.2) is 60.5 Å². The van der Waals surface area contributed by atoms with Gasteiger partial charge in [0.2, 0.25) is 5.91 Å². The van der Waals surface area contributed by atoms with Gasteiger partial charge in [0.05, 0.1) is 24.1 Å². The van der Waals surface area contributed by atoms with E-state index in [1.54, 1.807) is 0 Å². The molecule has 0 bridgehead atoms. The van der Waals surface area contributed by atoms with Crippen molar-refractivity contribution >= 4 is 11.8 Å². The van der Waals surface area contributed by atoms with Crippen LogP contribution in [0, 0.1) is 5.41 Å². The first kappa shape index (κ1) is 26.1. The van der Waals surface area contributed by atoms with E-state index in [1.807, 2.05) is 53.1 Å². The Morgan fingerprint density at radius 3 is 2.47 bits per heavy atom. The Morgan fingerprint density at radius 2 is 1.72 bits per heavy atom. The number of rotatable bonds is 4. The van der Waals surface area contributed by atoms with Crippen molar-refractivity contribution < 1.29 is 19.1 Å². The summed E-state index contributed by atoms with van der Waals surface area (Å²) in [5.74, 6) is 1.76. The van der Waals surface area contributed by atoms with Gasteiger partial charge < -0.3 is 19.3 Å². The topological polar surface area (TPSA) is 59.1 Å². The zero-order valence-corrected chi connectivity index (χ0v) is 22.0. The van der Waals surface area contributed by atoms with Crippen LogP contribution in [0.2, 0.25) is 0 Å². The Kier molecular flexibility index (Phi) is 8.55. The lowest BCUT2D eigenvalue weighted by Crippen LogP contribution is -2.53. The molecule has 1 fully saturated rings. The summed E-state index contributed by atoms with van der Waals surface area (Å²) in [6.07, 6.45) is 5.18. The predicted octanol–water partition coefficient (Wildman–Crippen LogP) is 5.35. The number of benzene rings is 2.